The van der Waals surface area contributed by atoms with Gasteiger partial charge in [-0.05, 0) is 23.8 Å². The van der Waals surface area contributed by atoms with Crippen LogP contribution in [-0.4, -0.2) is 17.5 Å². The minimum absolute atomic E-state index is 0.0112. The second-order valence-electron chi connectivity index (χ2n) is 3.34. The Morgan fingerprint density at radius 2 is 2.27 bits per heavy atom. The van der Waals surface area contributed by atoms with Gasteiger partial charge in [-0.25, -0.2) is 4.39 Å². The Morgan fingerprint density at radius 1 is 1.53 bits per heavy atom. The summed E-state index contributed by atoms with van der Waals surface area (Å²) in [6, 6.07) is 5.02. The molecule has 84 valence electrons. The van der Waals surface area contributed by atoms with E-state index in [1.165, 1.54) is 0 Å². The molecule has 0 fully saturated rings. The van der Waals surface area contributed by atoms with Crippen molar-refractivity contribution >= 4 is 23.4 Å². The van der Waals surface area contributed by atoms with Crippen LogP contribution in [0.25, 0.3) is 0 Å². The van der Waals surface area contributed by atoms with E-state index < -0.39 is 0 Å². The van der Waals surface area contributed by atoms with Gasteiger partial charge in [-0.3, -0.25) is 0 Å². The Morgan fingerprint density at radius 3 is 2.93 bits per heavy atom. The largest absolute Gasteiger partial charge is 0.327 e. The van der Waals surface area contributed by atoms with Crippen LogP contribution in [-0.2, 0) is 6.42 Å². The summed E-state index contributed by atoms with van der Waals surface area (Å²) < 4.78 is 13.5. The molecule has 4 heteroatoms. The summed E-state index contributed by atoms with van der Waals surface area (Å²) in [4.78, 5) is 0. The number of thioether (sulfide) groups is 1. The molecule has 15 heavy (non-hydrogen) atoms. The maximum absolute atomic E-state index is 13.5. The van der Waals surface area contributed by atoms with Gasteiger partial charge in [-0.2, -0.15) is 11.8 Å². The highest BCUT2D eigenvalue weighted by Gasteiger charge is 2.10. The zero-order valence-electron chi connectivity index (χ0n) is 8.67. The summed E-state index contributed by atoms with van der Waals surface area (Å²) in [5.41, 5.74) is 6.48. The minimum Gasteiger partial charge on any atom is -0.327 e. The summed E-state index contributed by atoms with van der Waals surface area (Å²) >= 11 is 7.45. The summed E-state index contributed by atoms with van der Waals surface area (Å²) in [5, 5.41) is 0.169. The first-order valence-electron chi connectivity index (χ1n) is 4.91. The van der Waals surface area contributed by atoms with Gasteiger partial charge in [-0.15, -0.1) is 0 Å². The lowest BCUT2D eigenvalue weighted by molar-refractivity contribution is 0.598. The fourth-order valence-electron chi connectivity index (χ4n) is 1.32. The van der Waals surface area contributed by atoms with Crippen LogP contribution in [0, 0.1) is 5.82 Å². The van der Waals surface area contributed by atoms with E-state index >= 15 is 0 Å². The zero-order valence-corrected chi connectivity index (χ0v) is 10.2. The zero-order chi connectivity index (χ0) is 11.3. The SMILES string of the molecule is CCSCC(N)Cc1cccc(Cl)c1F. The van der Waals surface area contributed by atoms with E-state index in [-0.39, 0.29) is 16.9 Å². The Labute approximate surface area is 99.2 Å². The molecule has 0 saturated carbocycles. The van der Waals surface area contributed by atoms with Gasteiger partial charge in [0.25, 0.3) is 0 Å². The number of rotatable bonds is 5. The summed E-state index contributed by atoms with van der Waals surface area (Å²) in [6.07, 6.45) is 0.541. The molecule has 1 nitrogen and oxygen atoms in total. The van der Waals surface area contributed by atoms with Crippen LogP contribution in [0.4, 0.5) is 4.39 Å². The molecule has 0 aliphatic rings. The van der Waals surface area contributed by atoms with E-state index in [4.69, 9.17) is 17.3 Å². The minimum atomic E-state index is -0.337. The van der Waals surface area contributed by atoms with Crippen molar-refractivity contribution in [2.75, 3.05) is 11.5 Å². The van der Waals surface area contributed by atoms with Crippen molar-refractivity contribution in [3.8, 4) is 0 Å². The van der Waals surface area contributed by atoms with Gasteiger partial charge < -0.3 is 5.73 Å². The first kappa shape index (κ1) is 12.8. The second-order valence-corrected chi connectivity index (χ2v) is 5.06. The quantitative estimate of drug-likeness (QED) is 0.865. The fraction of sp³-hybridized carbons (Fsp3) is 0.455. The van der Waals surface area contributed by atoms with Crippen LogP contribution in [0.15, 0.2) is 18.2 Å². The van der Waals surface area contributed by atoms with Crippen LogP contribution in [0.2, 0.25) is 5.02 Å². The molecule has 0 radical (unpaired) electrons. The Balaban J connectivity index is 2.60. The van der Waals surface area contributed by atoms with Crippen molar-refractivity contribution in [2.45, 2.75) is 19.4 Å². The molecule has 0 heterocycles. The summed E-state index contributed by atoms with van der Waals surface area (Å²) in [7, 11) is 0. The smallest absolute Gasteiger partial charge is 0.145 e. The lowest BCUT2D eigenvalue weighted by Crippen LogP contribution is -2.26. The van der Waals surface area contributed by atoms with Crippen molar-refractivity contribution < 1.29 is 4.39 Å². The molecule has 0 spiro atoms. The van der Waals surface area contributed by atoms with Gasteiger partial charge in [0.05, 0.1) is 5.02 Å². The van der Waals surface area contributed by atoms with Crippen molar-refractivity contribution in [2.24, 2.45) is 5.73 Å². The third-order valence-corrected chi connectivity index (χ3v) is 3.41. The average Bonchev–Trinajstić information content (AvgIpc) is 2.22. The lowest BCUT2D eigenvalue weighted by Gasteiger charge is -2.11. The Kier molecular flexibility index (Phi) is 5.43. The maximum Gasteiger partial charge on any atom is 0.145 e. The van der Waals surface area contributed by atoms with E-state index in [1.807, 2.05) is 0 Å². The van der Waals surface area contributed by atoms with Crippen LogP contribution < -0.4 is 5.73 Å². The van der Waals surface area contributed by atoms with Gasteiger partial charge in [0.1, 0.15) is 5.82 Å². The van der Waals surface area contributed by atoms with Crippen LogP contribution in [0.3, 0.4) is 0 Å². The summed E-state index contributed by atoms with van der Waals surface area (Å²) in [5.74, 6) is 1.55. The molecule has 1 rings (SSSR count). The molecule has 0 saturated heterocycles. The molecule has 0 amide bonds. The highest BCUT2D eigenvalue weighted by atomic mass is 35.5. The van der Waals surface area contributed by atoms with Gasteiger partial charge >= 0.3 is 0 Å². The monoisotopic (exact) mass is 247 g/mol. The highest BCUT2D eigenvalue weighted by molar-refractivity contribution is 7.99. The molecule has 0 bridgehead atoms. The average molecular weight is 248 g/mol. The van der Waals surface area contributed by atoms with Crippen molar-refractivity contribution in [3.05, 3.63) is 34.6 Å². The number of nitrogens with two attached hydrogens (primary N) is 1. The van der Waals surface area contributed by atoms with E-state index in [2.05, 4.69) is 6.92 Å². The Hall–Kier alpha value is -0.250. The van der Waals surface area contributed by atoms with E-state index in [1.54, 1.807) is 30.0 Å². The summed E-state index contributed by atoms with van der Waals surface area (Å²) in [6.45, 7) is 2.08. The normalized spacial score (nSPS) is 12.8. The molecule has 1 aromatic carbocycles. The molecule has 1 aromatic rings. The van der Waals surface area contributed by atoms with Crippen LogP contribution in [0.1, 0.15) is 12.5 Å². The number of hydrogen-bond donors (Lipinski definition) is 1. The molecular weight excluding hydrogens is 233 g/mol. The molecular formula is C11H15ClFNS. The standard InChI is InChI=1S/C11H15ClFNS/c1-2-15-7-9(14)6-8-4-3-5-10(12)11(8)13/h3-5,9H,2,6-7,14H2,1H3. The van der Waals surface area contributed by atoms with Gasteiger partial charge in [-0.1, -0.05) is 30.7 Å². The molecule has 2 N–H and O–H groups in total. The first-order chi connectivity index (χ1) is 7.15. The number of halogens is 2. The lowest BCUT2D eigenvalue weighted by atomic mass is 10.1. The van der Waals surface area contributed by atoms with Gasteiger partial charge in [0.2, 0.25) is 0 Å². The van der Waals surface area contributed by atoms with E-state index in [0.717, 1.165) is 11.5 Å². The highest BCUT2D eigenvalue weighted by Crippen LogP contribution is 2.19. The molecule has 0 aromatic heterocycles. The van der Waals surface area contributed by atoms with Crippen LogP contribution >= 0.6 is 23.4 Å². The topological polar surface area (TPSA) is 26.0 Å². The predicted octanol–water partition coefficient (Wildman–Crippen LogP) is 3.10. The van der Waals surface area contributed by atoms with Crippen molar-refractivity contribution in [3.63, 3.8) is 0 Å². The second kappa shape index (κ2) is 6.36. The van der Waals surface area contributed by atoms with Crippen LogP contribution in [0.5, 0.6) is 0 Å². The molecule has 0 aliphatic heterocycles. The molecule has 1 unspecified atom stereocenters. The third kappa shape index (κ3) is 4.01. The van der Waals surface area contributed by atoms with Gasteiger partial charge in [0, 0.05) is 11.8 Å². The van der Waals surface area contributed by atoms with E-state index in [0.29, 0.717) is 12.0 Å². The van der Waals surface area contributed by atoms with Crippen molar-refractivity contribution in [1.29, 1.82) is 0 Å². The van der Waals surface area contributed by atoms with Crippen molar-refractivity contribution in [1.82, 2.24) is 0 Å². The molecule has 0 aliphatic carbocycles. The maximum atomic E-state index is 13.5. The third-order valence-electron chi connectivity index (χ3n) is 2.05. The molecule has 1 atom stereocenters. The predicted molar refractivity (Wildman–Crippen MR) is 66.1 cm³/mol. The first-order valence-corrected chi connectivity index (χ1v) is 6.44. The Bertz CT molecular complexity index is 319. The number of benzene rings is 1. The fourth-order valence-corrected chi connectivity index (χ4v) is 2.17. The van der Waals surface area contributed by atoms with Gasteiger partial charge in [0.15, 0.2) is 0 Å². The van der Waals surface area contributed by atoms with E-state index in [9.17, 15) is 4.39 Å². The number of hydrogen-bond acceptors (Lipinski definition) is 2.